The van der Waals surface area contributed by atoms with Crippen molar-refractivity contribution in [2.24, 2.45) is 5.41 Å². The van der Waals surface area contributed by atoms with E-state index in [1.54, 1.807) is 4.90 Å². The maximum Gasteiger partial charge on any atom is 0.410 e. The van der Waals surface area contributed by atoms with E-state index in [0.29, 0.717) is 12.8 Å². The van der Waals surface area contributed by atoms with E-state index >= 15 is 0 Å². The summed E-state index contributed by atoms with van der Waals surface area (Å²) in [4.78, 5) is 26.3. The van der Waals surface area contributed by atoms with Crippen LogP contribution in [0.2, 0.25) is 0 Å². The summed E-state index contributed by atoms with van der Waals surface area (Å²) in [5.41, 5.74) is 3.97. The first kappa shape index (κ1) is 17.3. The van der Waals surface area contributed by atoms with Crippen molar-refractivity contribution in [3.8, 4) is 11.1 Å². The molecule has 5 nitrogen and oxygen atoms in total. The fourth-order valence-electron chi connectivity index (χ4n) is 5.35. The molecule has 1 amide bonds. The lowest BCUT2D eigenvalue weighted by molar-refractivity contribution is -0.149. The summed E-state index contributed by atoms with van der Waals surface area (Å²) < 4.78 is 5.75. The zero-order valence-corrected chi connectivity index (χ0v) is 15.6. The highest BCUT2D eigenvalue weighted by Gasteiger charge is 2.53. The number of hydrogen-bond acceptors (Lipinski definition) is 3. The Balaban J connectivity index is 1.35. The van der Waals surface area contributed by atoms with Crippen LogP contribution in [0.5, 0.6) is 0 Å². The van der Waals surface area contributed by atoms with Gasteiger partial charge in [-0.15, -0.1) is 0 Å². The van der Waals surface area contributed by atoms with Crippen LogP contribution < -0.4 is 0 Å². The monoisotopic (exact) mass is 377 g/mol. The summed E-state index contributed by atoms with van der Waals surface area (Å²) in [6, 6.07) is 16.5. The lowest BCUT2D eigenvalue weighted by Crippen LogP contribution is -2.37. The van der Waals surface area contributed by atoms with E-state index < -0.39 is 11.4 Å². The van der Waals surface area contributed by atoms with Gasteiger partial charge < -0.3 is 14.7 Å². The minimum absolute atomic E-state index is 0.0134. The molecule has 1 heterocycles. The number of amides is 1. The number of hydrogen-bond donors (Lipinski definition) is 1. The second-order valence-corrected chi connectivity index (χ2v) is 8.27. The number of fused-ring (bicyclic) bond motifs is 5. The number of benzene rings is 2. The fraction of sp³-hybridized carbons (Fsp3) is 0.391. The Bertz CT molecular complexity index is 910. The van der Waals surface area contributed by atoms with Crippen molar-refractivity contribution in [1.29, 1.82) is 0 Å². The van der Waals surface area contributed by atoms with Crippen LogP contribution >= 0.6 is 0 Å². The Morgan fingerprint density at radius 2 is 1.71 bits per heavy atom. The van der Waals surface area contributed by atoms with Crippen molar-refractivity contribution in [3.05, 3.63) is 59.7 Å². The van der Waals surface area contributed by atoms with Crippen LogP contribution in [0.25, 0.3) is 11.1 Å². The molecular weight excluding hydrogens is 354 g/mol. The summed E-state index contributed by atoms with van der Waals surface area (Å²) in [5, 5.41) is 9.66. The van der Waals surface area contributed by atoms with E-state index in [1.165, 1.54) is 22.3 Å². The number of ether oxygens (including phenoxy) is 1. The number of carbonyl (C=O) groups is 2. The predicted octanol–water partition coefficient (Wildman–Crippen LogP) is 4.26. The summed E-state index contributed by atoms with van der Waals surface area (Å²) in [5.74, 6) is -0.766. The third kappa shape index (κ3) is 2.53. The summed E-state index contributed by atoms with van der Waals surface area (Å²) in [6.07, 6.45) is 2.53. The first-order valence-electron chi connectivity index (χ1n) is 9.94. The first-order chi connectivity index (χ1) is 13.6. The number of carbonyl (C=O) groups excluding carboxylic acids is 1. The average Bonchev–Trinajstić information content (AvgIpc) is 3.18. The van der Waals surface area contributed by atoms with Gasteiger partial charge in [-0.1, -0.05) is 55.0 Å². The van der Waals surface area contributed by atoms with Gasteiger partial charge in [0.25, 0.3) is 0 Å². The van der Waals surface area contributed by atoms with Crippen LogP contribution in [0.1, 0.15) is 42.7 Å². The molecule has 144 valence electrons. The van der Waals surface area contributed by atoms with Crippen LogP contribution in [-0.4, -0.2) is 41.3 Å². The van der Waals surface area contributed by atoms with Gasteiger partial charge in [-0.3, -0.25) is 4.79 Å². The van der Waals surface area contributed by atoms with Gasteiger partial charge in [-0.2, -0.15) is 0 Å². The standard InChI is InChI=1S/C23H23NO4/c25-21(26)23-11-5-6-15(12-23)24(14-23)22(27)28-13-20-18-9-3-1-7-16(18)17-8-2-4-10-19(17)20/h1-4,7-10,15,20H,5-6,11-14H2,(H,25,26). The highest BCUT2D eigenvalue weighted by molar-refractivity contribution is 5.80. The molecule has 0 spiro atoms. The van der Waals surface area contributed by atoms with Gasteiger partial charge in [-0.05, 0) is 41.5 Å². The van der Waals surface area contributed by atoms with Gasteiger partial charge in [-0.25, -0.2) is 4.79 Å². The Labute approximate surface area is 163 Å². The molecule has 1 aliphatic heterocycles. The smallest absolute Gasteiger partial charge is 0.410 e. The Hall–Kier alpha value is -2.82. The van der Waals surface area contributed by atoms with E-state index in [4.69, 9.17) is 4.74 Å². The van der Waals surface area contributed by atoms with E-state index in [0.717, 1.165) is 12.8 Å². The Morgan fingerprint density at radius 1 is 1.07 bits per heavy atom. The molecule has 1 saturated heterocycles. The molecule has 2 aromatic rings. The molecule has 0 radical (unpaired) electrons. The van der Waals surface area contributed by atoms with Crippen LogP contribution in [0.3, 0.4) is 0 Å². The molecule has 5 heteroatoms. The maximum atomic E-state index is 12.8. The number of likely N-dealkylation sites (tertiary alicyclic amines) is 1. The minimum Gasteiger partial charge on any atom is -0.481 e. The summed E-state index contributed by atoms with van der Waals surface area (Å²) in [6.45, 7) is 0.541. The maximum absolute atomic E-state index is 12.8. The molecule has 5 rings (SSSR count). The summed E-state index contributed by atoms with van der Waals surface area (Å²) >= 11 is 0. The number of carboxylic acids is 1. The number of rotatable bonds is 3. The highest BCUT2D eigenvalue weighted by Crippen LogP contribution is 2.47. The predicted molar refractivity (Wildman–Crippen MR) is 104 cm³/mol. The quantitative estimate of drug-likeness (QED) is 0.868. The van der Waals surface area contributed by atoms with Crippen LogP contribution in [0, 0.1) is 5.41 Å². The van der Waals surface area contributed by atoms with E-state index in [-0.39, 0.29) is 31.2 Å². The lowest BCUT2D eigenvalue weighted by Gasteiger charge is -2.26. The fourth-order valence-corrected chi connectivity index (χ4v) is 5.35. The van der Waals surface area contributed by atoms with Crippen molar-refractivity contribution in [3.63, 3.8) is 0 Å². The average molecular weight is 377 g/mol. The first-order valence-corrected chi connectivity index (χ1v) is 9.94. The Morgan fingerprint density at radius 3 is 2.32 bits per heavy atom. The third-order valence-corrected chi connectivity index (χ3v) is 6.76. The Kier molecular flexibility index (Phi) is 3.93. The van der Waals surface area contributed by atoms with Crippen LogP contribution in [0.4, 0.5) is 4.79 Å². The third-order valence-electron chi connectivity index (χ3n) is 6.76. The largest absolute Gasteiger partial charge is 0.481 e. The summed E-state index contributed by atoms with van der Waals surface area (Å²) in [7, 11) is 0. The van der Waals surface area contributed by atoms with Crippen LogP contribution in [-0.2, 0) is 9.53 Å². The van der Waals surface area contributed by atoms with Gasteiger partial charge in [0, 0.05) is 18.5 Å². The SMILES string of the molecule is O=C(OCC1c2ccccc2-c2ccccc21)N1CC2(C(=O)O)CCCC1C2. The highest BCUT2D eigenvalue weighted by atomic mass is 16.6. The molecule has 1 N–H and O–H groups in total. The molecule has 2 unspecified atom stereocenters. The minimum atomic E-state index is -0.786. The van der Waals surface area contributed by atoms with E-state index in [2.05, 4.69) is 24.3 Å². The molecule has 2 fully saturated rings. The molecule has 2 aromatic carbocycles. The number of aliphatic carboxylic acids is 1. The lowest BCUT2D eigenvalue weighted by atomic mass is 9.76. The van der Waals surface area contributed by atoms with Gasteiger partial charge in [0.2, 0.25) is 0 Å². The van der Waals surface area contributed by atoms with Gasteiger partial charge in [0.15, 0.2) is 0 Å². The molecule has 1 saturated carbocycles. The van der Waals surface area contributed by atoms with Gasteiger partial charge in [0.1, 0.15) is 6.61 Å². The van der Waals surface area contributed by atoms with Crippen molar-refractivity contribution >= 4 is 12.1 Å². The molecule has 2 bridgehead atoms. The van der Waals surface area contributed by atoms with Crippen molar-refractivity contribution < 1.29 is 19.4 Å². The topological polar surface area (TPSA) is 66.8 Å². The number of carboxylic acid groups (broad SMARTS) is 1. The molecule has 0 aromatic heterocycles. The molecule has 3 aliphatic rings. The van der Waals surface area contributed by atoms with Crippen molar-refractivity contribution in [1.82, 2.24) is 4.90 Å². The zero-order valence-electron chi connectivity index (χ0n) is 15.6. The molecule has 2 atom stereocenters. The van der Waals surface area contributed by atoms with E-state index in [9.17, 15) is 14.7 Å². The molecule has 28 heavy (non-hydrogen) atoms. The number of nitrogens with zero attached hydrogens (tertiary/aromatic N) is 1. The molecular formula is C23H23NO4. The normalized spacial score (nSPS) is 25.3. The second-order valence-electron chi connectivity index (χ2n) is 8.27. The van der Waals surface area contributed by atoms with Gasteiger partial charge >= 0.3 is 12.1 Å². The second kappa shape index (κ2) is 6.36. The molecule has 2 aliphatic carbocycles. The van der Waals surface area contributed by atoms with Crippen molar-refractivity contribution in [2.75, 3.05) is 13.2 Å². The van der Waals surface area contributed by atoms with Crippen LogP contribution in [0.15, 0.2) is 48.5 Å². The zero-order chi connectivity index (χ0) is 19.3. The van der Waals surface area contributed by atoms with Crippen molar-refractivity contribution in [2.45, 2.75) is 37.6 Å². The van der Waals surface area contributed by atoms with Gasteiger partial charge in [0.05, 0.1) is 5.41 Å². The van der Waals surface area contributed by atoms with E-state index in [1.807, 2.05) is 24.3 Å².